The average Bonchev–Trinajstić information content (AvgIpc) is 2.71. The first kappa shape index (κ1) is 9.51. The number of carbonyl (C=O) groups is 1. The second-order valence-electron chi connectivity index (χ2n) is 3.21. The number of furan rings is 1. The summed E-state index contributed by atoms with van der Waals surface area (Å²) in [5.41, 5.74) is 1.23. The lowest BCUT2D eigenvalue weighted by Gasteiger charge is -1.88. The third-order valence-corrected chi connectivity index (χ3v) is 2.04. The molecule has 0 aliphatic carbocycles. The van der Waals surface area contributed by atoms with Gasteiger partial charge in [0.2, 0.25) is 5.76 Å². The Kier molecular flexibility index (Phi) is 2.07. The Labute approximate surface area is 85.3 Å². The van der Waals surface area contributed by atoms with Crippen LogP contribution in [0, 0.1) is 13.8 Å². The van der Waals surface area contributed by atoms with Crippen LogP contribution in [0.5, 0.6) is 0 Å². The number of hydrogen-bond acceptors (Lipinski definition) is 4. The van der Waals surface area contributed by atoms with Gasteiger partial charge in [-0.15, -0.1) is 0 Å². The van der Waals surface area contributed by atoms with Gasteiger partial charge in [0, 0.05) is 11.6 Å². The summed E-state index contributed by atoms with van der Waals surface area (Å²) in [6.45, 7) is 3.60. The summed E-state index contributed by atoms with van der Waals surface area (Å²) in [5.74, 6) is 0.134. The van der Waals surface area contributed by atoms with E-state index in [-0.39, 0.29) is 5.76 Å². The maximum absolute atomic E-state index is 10.6. The molecule has 0 spiro atoms. The zero-order chi connectivity index (χ0) is 11.0. The van der Waals surface area contributed by atoms with E-state index in [4.69, 9.17) is 9.52 Å². The molecule has 0 unspecified atom stereocenters. The summed E-state index contributed by atoms with van der Waals surface area (Å²) >= 11 is 0. The second kappa shape index (κ2) is 3.27. The monoisotopic (exact) mass is 207 g/mol. The number of rotatable bonds is 2. The van der Waals surface area contributed by atoms with Gasteiger partial charge in [-0.3, -0.25) is 0 Å². The topological polar surface area (TPSA) is 76.5 Å². The molecule has 0 bridgehead atoms. The number of hydrogen-bond donors (Lipinski definition) is 1. The van der Waals surface area contributed by atoms with Crippen molar-refractivity contribution in [1.29, 1.82) is 0 Å². The lowest BCUT2D eigenvalue weighted by Crippen LogP contribution is -1.91. The van der Waals surface area contributed by atoms with Gasteiger partial charge in [-0.05, 0) is 19.9 Å². The molecule has 0 fully saturated rings. The molecule has 0 amide bonds. The number of aryl methyl sites for hydroxylation is 2. The van der Waals surface area contributed by atoms with E-state index in [1.807, 2.05) is 6.92 Å². The largest absolute Gasteiger partial charge is 0.475 e. The van der Waals surface area contributed by atoms with E-state index in [1.165, 1.54) is 6.07 Å². The van der Waals surface area contributed by atoms with Gasteiger partial charge in [-0.2, -0.15) is 0 Å². The number of aromatic nitrogens is 1. The van der Waals surface area contributed by atoms with Crippen molar-refractivity contribution in [3.8, 4) is 11.3 Å². The first-order valence-electron chi connectivity index (χ1n) is 4.35. The van der Waals surface area contributed by atoms with Crippen molar-refractivity contribution in [2.24, 2.45) is 0 Å². The molecule has 78 valence electrons. The van der Waals surface area contributed by atoms with Gasteiger partial charge in [0.25, 0.3) is 0 Å². The quantitative estimate of drug-likeness (QED) is 0.817. The summed E-state index contributed by atoms with van der Waals surface area (Å²) in [5, 5.41) is 12.3. The van der Waals surface area contributed by atoms with Crippen LogP contribution < -0.4 is 0 Å². The lowest BCUT2D eigenvalue weighted by molar-refractivity contribution is 0.0652. The number of aromatic carboxylic acids is 1. The molecule has 0 aromatic carbocycles. The molecule has 5 heteroatoms. The second-order valence-corrected chi connectivity index (χ2v) is 3.21. The fourth-order valence-electron chi connectivity index (χ4n) is 1.39. The highest BCUT2D eigenvalue weighted by molar-refractivity contribution is 5.85. The molecule has 2 aromatic rings. The van der Waals surface area contributed by atoms with Gasteiger partial charge < -0.3 is 14.0 Å². The zero-order valence-electron chi connectivity index (χ0n) is 8.27. The lowest BCUT2D eigenvalue weighted by atomic mass is 10.2. The Morgan fingerprint density at radius 3 is 2.60 bits per heavy atom. The van der Waals surface area contributed by atoms with Crippen molar-refractivity contribution in [3.05, 3.63) is 29.4 Å². The third kappa shape index (κ3) is 1.63. The van der Waals surface area contributed by atoms with Crippen LogP contribution in [0.1, 0.15) is 22.1 Å². The van der Waals surface area contributed by atoms with Crippen molar-refractivity contribution in [3.63, 3.8) is 0 Å². The SMILES string of the molecule is Cc1cc(-c2cc(C(=O)O)on2)c(C)o1. The predicted octanol–water partition coefficient (Wildman–Crippen LogP) is 2.25. The Morgan fingerprint density at radius 1 is 1.40 bits per heavy atom. The van der Waals surface area contributed by atoms with Crippen molar-refractivity contribution in [2.75, 3.05) is 0 Å². The predicted molar refractivity (Wildman–Crippen MR) is 50.6 cm³/mol. The molecule has 0 atom stereocenters. The average molecular weight is 207 g/mol. The van der Waals surface area contributed by atoms with Crippen molar-refractivity contribution >= 4 is 5.97 Å². The third-order valence-electron chi connectivity index (χ3n) is 2.04. The van der Waals surface area contributed by atoms with E-state index in [2.05, 4.69) is 9.68 Å². The maximum atomic E-state index is 10.6. The van der Waals surface area contributed by atoms with Crippen LogP contribution in [0.15, 0.2) is 21.1 Å². The maximum Gasteiger partial charge on any atom is 0.374 e. The zero-order valence-corrected chi connectivity index (χ0v) is 8.27. The normalized spacial score (nSPS) is 10.5. The first-order valence-corrected chi connectivity index (χ1v) is 4.35. The summed E-state index contributed by atoms with van der Waals surface area (Å²) in [6.07, 6.45) is 0. The molecule has 5 nitrogen and oxygen atoms in total. The van der Waals surface area contributed by atoms with Crippen LogP contribution in [-0.2, 0) is 0 Å². The summed E-state index contributed by atoms with van der Waals surface area (Å²) in [6, 6.07) is 3.17. The fourth-order valence-corrected chi connectivity index (χ4v) is 1.39. The summed E-state index contributed by atoms with van der Waals surface area (Å²) in [7, 11) is 0. The van der Waals surface area contributed by atoms with Gasteiger partial charge in [0.15, 0.2) is 0 Å². The highest BCUT2D eigenvalue weighted by Gasteiger charge is 2.15. The molecule has 0 saturated heterocycles. The van der Waals surface area contributed by atoms with Crippen LogP contribution in [0.4, 0.5) is 0 Å². The highest BCUT2D eigenvalue weighted by atomic mass is 16.5. The summed E-state index contributed by atoms with van der Waals surface area (Å²) < 4.78 is 9.96. The molecule has 1 N–H and O–H groups in total. The minimum Gasteiger partial charge on any atom is -0.475 e. The van der Waals surface area contributed by atoms with E-state index >= 15 is 0 Å². The molecular weight excluding hydrogens is 198 g/mol. The first-order chi connectivity index (χ1) is 7.08. The van der Waals surface area contributed by atoms with E-state index in [0.717, 1.165) is 11.3 Å². The highest BCUT2D eigenvalue weighted by Crippen LogP contribution is 2.25. The molecule has 2 rings (SSSR count). The molecular formula is C10H9NO4. The summed E-state index contributed by atoms with van der Waals surface area (Å²) in [4.78, 5) is 10.6. The van der Waals surface area contributed by atoms with Gasteiger partial charge >= 0.3 is 5.97 Å². The van der Waals surface area contributed by atoms with Crippen LogP contribution in [0.3, 0.4) is 0 Å². The van der Waals surface area contributed by atoms with Crippen LogP contribution in [-0.4, -0.2) is 16.2 Å². The van der Waals surface area contributed by atoms with E-state index in [0.29, 0.717) is 11.5 Å². The van der Waals surface area contributed by atoms with Gasteiger partial charge in [0.05, 0.1) is 0 Å². The van der Waals surface area contributed by atoms with Crippen molar-refractivity contribution in [2.45, 2.75) is 13.8 Å². The number of nitrogens with zero attached hydrogens (tertiary/aromatic N) is 1. The van der Waals surface area contributed by atoms with Crippen LogP contribution >= 0.6 is 0 Å². The van der Waals surface area contributed by atoms with E-state index < -0.39 is 5.97 Å². The minimum atomic E-state index is -1.13. The van der Waals surface area contributed by atoms with E-state index in [1.54, 1.807) is 13.0 Å². The molecule has 2 aromatic heterocycles. The van der Waals surface area contributed by atoms with Crippen LogP contribution in [0.2, 0.25) is 0 Å². The smallest absolute Gasteiger partial charge is 0.374 e. The van der Waals surface area contributed by atoms with Crippen LogP contribution in [0.25, 0.3) is 11.3 Å². The molecule has 0 aliphatic rings. The van der Waals surface area contributed by atoms with Crippen molar-refractivity contribution < 1.29 is 18.8 Å². The number of carboxylic acids is 1. The molecule has 0 saturated carbocycles. The molecule has 0 radical (unpaired) electrons. The molecule has 0 aliphatic heterocycles. The fraction of sp³-hybridized carbons (Fsp3) is 0.200. The van der Waals surface area contributed by atoms with Gasteiger partial charge in [-0.25, -0.2) is 4.79 Å². The Hall–Kier alpha value is -2.04. The Balaban J connectivity index is 2.45. The van der Waals surface area contributed by atoms with Gasteiger partial charge in [-0.1, -0.05) is 5.16 Å². The standard InChI is InChI=1S/C10H9NO4/c1-5-3-7(6(2)14-5)8-4-9(10(12)13)15-11-8/h3-4H,1-2H3,(H,12,13). The van der Waals surface area contributed by atoms with E-state index in [9.17, 15) is 4.79 Å². The van der Waals surface area contributed by atoms with Crippen molar-refractivity contribution in [1.82, 2.24) is 5.16 Å². The Bertz CT molecular complexity index is 509. The minimum absolute atomic E-state index is 0.178. The number of carboxylic acid groups (broad SMARTS) is 1. The Morgan fingerprint density at radius 2 is 2.13 bits per heavy atom. The molecule has 2 heterocycles. The molecule has 15 heavy (non-hydrogen) atoms. The van der Waals surface area contributed by atoms with Gasteiger partial charge in [0.1, 0.15) is 17.2 Å².